The van der Waals surface area contributed by atoms with E-state index in [4.69, 9.17) is 22.7 Å². The zero-order valence-corrected chi connectivity index (χ0v) is 12.4. The fourth-order valence-corrected chi connectivity index (χ4v) is 2.56. The van der Waals surface area contributed by atoms with Crippen LogP contribution in [0.4, 0.5) is 0 Å². The van der Waals surface area contributed by atoms with Gasteiger partial charge in [0.25, 0.3) is 0 Å². The van der Waals surface area contributed by atoms with E-state index in [1.165, 1.54) is 0 Å². The minimum Gasteiger partial charge on any atom is -0.492 e. The van der Waals surface area contributed by atoms with Gasteiger partial charge in [-0.25, -0.2) is 0 Å². The van der Waals surface area contributed by atoms with Crippen molar-refractivity contribution in [2.24, 2.45) is 5.73 Å². The van der Waals surface area contributed by atoms with Crippen LogP contribution < -0.4 is 10.5 Å². The molecule has 0 spiro atoms. The Bertz CT molecular complexity index is 642. The number of aromatic nitrogens is 3. The van der Waals surface area contributed by atoms with Crippen LogP contribution in [0.25, 0.3) is 0 Å². The molecule has 1 aliphatic rings. The summed E-state index contributed by atoms with van der Waals surface area (Å²) < 4.78 is 7.90. The molecule has 2 aromatic rings. The number of benzene rings is 1. The molecule has 0 atom stereocenters. The van der Waals surface area contributed by atoms with Gasteiger partial charge in [-0.2, -0.15) is 0 Å². The molecule has 2 heterocycles. The molecule has 7 heteroatoms. The molecule has 2 N–H and O–H groups in total. The molecule has 1 aliphatic heterocycles. The van der Waals surface area contributed by atoms with Crippen molar-refractivity contribution in [1.82, 2.24) is 19.7 Å². The number of thiocarbonyl (C=S) groups is 1. The van der Waals surface area contributed by atoms with Gasteiger partial charge in [-0.3, -0.25) is 4.90 Å². The number of fused-ring (bicyclic) bond motifs is 1. The number of nitrogens with two attached hydrogens (primary N) is 1. The maximum absolute atomic E-state index is 5.82. The van der Waals surface area contributed by atoms with Gasteiger partial charge in [0.1, 0.15) is 29.5 Å². The van der Waals surface area contributed by atoms with Crippen LogP contribution in [-0.4, -0.2) is 44.3 Å². The Morgan fingerprint density at radius 2 is 2.19 bits per heavy atom. The smallest absolute Gasteiger partial charge is 0.147 e. The maximum atomic E-state index is 5.82. The summed E-state index contributed by atoms with van der Waals surface area (Å²) in [6, 6.07) is 7.58. The summed E-state index contributed by atoms with van der Waals surface area (Å²) >= 11 is 5.03. The van der Waals surface area contributed by atoms with Crippen LogP contribution in [0.15, 0.2) is 30.6 Å². The molecule has 21 heavy (non-hydrogen) atoms. The second-order valence-corrected chi connectivity index (χ2v) is 5.37. The average molecular weight is 303 g/mol. The molecule has 0 aliphatic carbocycles. The number of hydrogen-bond donors (Lipinski definition) is 1. The van der Waals surface area contributed by atoms with Gasteiger partial charge in [-0.15, -0.1) is 10.2 Å². The first-order chi connectivity index (χ1) is 10.2. The lowest BCUT2D eigenvalue weighted by Crippen LogP contribution is -2.36. The number of rotatable bonds is 5. The summed E-state index contributed by atoms with van der Waals surface area (Å²) in [7, 11) is 0. The van der Waals surface area contributed by atoms with Crippen molar-refractivity contribution in [2.45, 2.75) is 13.1 Å². The van der Waals surface area contributed by atoms with Crippen molar-refractivity contribution in [3.63, 3.8) is 0 Å². The Hall–Kier alpha value is -1.99. The van der Waals surface area contributed by atoms with Crippen LogP contribution in [0.1, 0.15) is 11.4 Å². The second kappa shape index (κ2) is 6.19. The van der Waals surface area contributed by atoms with E-state index in [-0.39, 0.29) is 0 Å². The second-order valence-electron chi connectivity index (χ2n) is 4.93. The Kier molecular flexibility index (Phi) is 4.12. The Morgan fingerprint density at radius 3 is 3.05 bits per heavy atom. The molecule has 0 radical (unpaired) electrons. The molecule has 0 fully saturated rings. The zero-order chi connectivity index (χ0) is 14.7. The lowest BCUT2D eigenvalue weighted by atomic mass is 10.2. The first-order valence-corrected chi connectivity index (χ1v) is 7.25. The number of nitrogens with zero attached hydrogens (tertiary/aromatic N) is 4. The molecule has 6 nitrogen and oxygen atoms in total. The summed E-state index contributed by atoms with van der Waals surface area (Å²) in [5, 5.41) is 8.03. The zero-order valence-electron chi connectivity index (χ0n) is 11.6. The highest BCUT2D eigenvalue weighted by Crippen LogP contribution is 2.18. The van der Waals surface area contributed by atoms with Crippen molar-refractivity contribution in [3.8, 4) is 5.75 Å². The number of para-hydroxylation sites is 1. The van der Waals surface area contributed by atoms with E-state index in [0.29, 0.717) is 11.6 Å². The molecule has 1 aromatic carbocycles. The molecule has 3 rings (SSSR count). The topological polar surface area (TPSA) is 69.2 Å². The van der Waals surface area contributed by atoms with E-state index in [1.807, 2.05) is 24.3 Å². The van der Waals surface area contributed by atoms with Crippen LogP contribution in [0.5, 0.6) is 5.75 Å². The third-order valence-corrected chi connectivity index (χ3v) is 3.76. The molecule has 0 bridgehead atoms. The number of hydrogen-bond acceptors (Lipinski definition) is 5. The quantitative estimate of drug-likeness (QED) is 0.824. The predicted molar refractivity (Wildman–Crippen MR) is 83.1 cm³/mol. The number of ether oxygens (including phenoxy) is 1. The summed E-state index contributed by atoms with van der Waals surface area (Å²) in [4.78, 5) is 2.66. The minimum atomic E-state index is 0.358. The first-order valence-electron chi connectivity index (χ1n) is 6.85. The Balaban J connectivity index is 1.54. The Morgan fingerprint density at radius 1 is 1.33 bits per heavy atom. The van der Waals surface area contributed by atoms with Crippen LogP contribution in [0.3, 0.4) is 0 Å². The van der Waals surface area contributed by atoms with Crippen molar-refractivity contribution in [3.05, 3.63) is 42.0 Å². The van der Waals surface area contributed by atoms with Crippen LogP contribution >= 0.6 is 12.2 Å². The van der Waals surface area contributed by atoms with Crippen molar-refractivity contribution >= 4 is 17.2 Å². The van der Waals surface area contributed by atoms with Crippen molar-refractivity contribution < 1.29 is 4.74 Å². The Labute approximate surface area is 128 Å². The molecule has 0 saturated carbocycles. The molecule has 0 unspecified atom stereocenters. The molecular weight excluding hydrogens is 286 g/mol. The average Bonchev–Trinajstić information content (AvgIpc) is 2.95. The van der Waals surface area contributed by atoms with E-state index < -0.39 is 0 Å². The SMILES string of the molecule is NC(=S)c1ccccc1OCCN1CCn2cnnc2C1. The molecule has 1 aromatic heterocycles. The van der Waals surface area contributed by atoms with Crippen LogP contribution in [0.2, 0.25) is 0 Å². The lowest BCUT2D eigenvalue weighted by Gasteiger charge is -2.26. The van der Waals surface area contributed by atoms with Crippen molar-refractivity contribution in [1.29, 1.82) is 0 Å². The summed E-state index contributed by atoms with van der Waals surface area (Å²) in [6.07, 6.45) is 1.78. The first kappa shape index (κ1) is 14.0. The fourth-order valence-electron chi connectivity index (χ4n) is 2.39. The standard InChI is InChI=1S/C14H17N5OS/c15-14(21)11-3-1-2-4-12(11)20-8-7-18-5-6-19-10-16-17-13(19)9-18/h1-4,10H,5-9H2,(H2,15,21). The van der Waals surface area contributed by atoms with Gasteiger partial charge < -0.3 is 15.0 Å². The van der Waals surface area contributed by atoms with E-state index in [9.17, 15) is 0 Å². The predicted octanol–water partition coefficient (Wildman–Crippen LogP) is 0.807. The highest BCUT2D eigenvalue weighted by atomic mass is 32.1. The van der Waals surface area contributed by atoms with Gasteiger partial charge in [0.05, 0.1) is 12.1 Å². The van der Waals surface area contributed by atoms with Crippen molar-refractivity contribution in [2.75, 3.05) is 19.7 Å². The maximum Gasteiger partial charge on any atom is 0.147 e. The van der Waals surface area contributed by atoms with Gasteiger partial charge in [-0.1, -0.05) is 24.4 Å². The fraction of sp³-hybridized carbons (Fsp3) is 0.357. The van der Waals surface area contributed by atoms with E-state index in [2.05, 4.69) is 19.7 Å². The summed E-state index contributed by atoms with van der Waals surface area (Å²) in [6.45, 7) is 4.13. The molecule has 0 saturated heterocycles. The normalized spacial score (nSPS) is 14.7. The molecule has 0 amide bonds. The van der Waals surface area contributed by atoms with E-state index >= 15 is 0 Å². The summed E-state index contributed by atoms with van der Waals surface area (Å²) in [5.74, 6) is 1.75. The third-order valence-electron chi connectivity index (χ3n) is 3.54. The minimum absolute atomic E-state index is 0.358. The largest absolute Gasteiger partial charge is 0.492 e. The monoisotopic (exact) mass is 303 g/mol. The summed E-state index contributed by atoms with van der Waals surface area (Å²) in [5.41, 5.74) is 6.48. The van der Waals surface area contributed by atoms with Gasteiger partial charge >= 0.3 is 0 Å². The van der Waals surface area contributed by atoms with Crippen LogP contribution in [-0.2, 0) is 13.1 Å². The van der Waals surface area contributed by atoms with Gasteiger partial charge in [0, 0.05) is 19.6 Å². The van der Waals surface area contributed by atoms with E-state index in [0.717, 1.165) is 43.3 Å². The molecule has 110 valence electrons. The highest BCUT2D eigenvalue weighted by Gasteiger charge is 2.17. The van der Waals surface area contributed by atoms with Gasteiger partial charge in [-0.05, 0) is 12.1 Å². The van der Waals surface area contributed by atoms with E-state index in [1.54, 1.807) is 6.33 Å². The molecular formula is C14H17N5OS. The van der Waals surface area contributed by atoms with Crippen LogP contribution in [0, 0.1) is 0 Å². The van der Waals surface area contributed by atoms with Gasteiger partial charge in [0.15, 0.2) is 0 Å². The highest BCUT2D eigenvalue weighted by molar-refractivity contribution is 7.80. The van der Waals surface area contributed by atoms with Gasteiger partial charge in [0.2, 0.25) is 0 Å². The third kappa shape index (κ3) is 3.20. The lowest BCUT2D eigenvalue weighted by molar-refractivity contribution is 0.174.